The van der Waals surface area contributed by atoms with E-state index < -0.39 is 0 Å². The molecule has 92 valence electrons. The highest BCUT2D eigenvalue weighted by atomic mass is 127. The molecule has 2 rings (SSSR count). The van der Waals surface area contributed by atoms with Crippen molar-refractivity contribution in [3.63, 3.8) is 0 Å². The molecule has 0 saturated heterocycles. The fourth-order valence-electron chi connectivity index (χ4n) is 1.87. The Balaban J connectivity index is 2.02. The normalized spacial score (nSPS) is 16.6. The summed E-state index contributed by atoms with van der Waals surface area (Å²) < 4.78 is 1.93. The molecular formula is C13H15BrINO. The van der Waals surface area contributed by atoms with Gasteiger partial charge in [-0.1, -0.05) is 22.9 Å². The summed E-state index contributed by atoms with van der Waals surface area (Å²) in [5.74, 6) is 0.0374. The van der Waals surface area contributed by atoms with Gasteiger partial charge in [0.15, 0.2) is 0 Å². The van der Waals surface area contributed by atoms with Crippen molar-refractivity contribution in [2.24, 2.45) is 5.41 Å². The monoisotopic (exact) mass is 407 g/mol. The average Bonchev–Trinajstić information content (AvgIpc) is 3.10. The Morgan fingerprint density at radius 3 is 2.82 bits per heavy atom. The molecule has 1 aliphatic carbocycles. The second kappa shape index (κ2) is 5.26. The number of benzene rings is 1. The second-order valence-corrected chi connectivity index (χ2v) is 6.74. The molecule has 0 bridgehead atoms. The zero-order chi connectivity index (χ0) is 12.5. The molecule has 0 heterocycles. The van der Waals surface area contributed by atoms with Gasteiger partial charge in [-0.3, -0.25) is 4.79 Å². The average molecular weight is 408 g/mol. The Morgan fingerprint density at radius 2 is 2.24 bits per heavy atom. The zero-order valence-electron chi connectivity index (χ0n) is 9.72. The molecule has 1 aliphatic rings. The summed E-state index contributed by atoms with van der Waals surface area (Å²) in [6.07, 6.45) is 3.65. The first-order chi connectivity index (χ1) is 8.06. The van der Waals surface area contributed by atoms with Gasteiger partial charge in [0.25, 0.3) is 5.91 Å². The van der Waals surface area contributed by atoms with Crippen LogP contribution in [-0.4, -0.2) is 12.5 Å². The molecule has 4 heteroatoms. The van der Waals surface area contributed by atoms with Crippen LogP contribution < -0.4 is 5.32 Å². The molecule has 0 spiro atoms. The molecule has 2 nitrogen and oxygen atoms in total. The van der Waals surface area contributed by atoms with Crippen LogP contribution in [0.2, 0.25) is 0 Å². The lowest BCUT2D eigenvalue weighted by Gasteiger charge is -2.14. The fraction of sp³-hybridized carbons (Fsp3) is 0.462. The maximum absolute atomic E-state index is 12.1. The lowest BCUT2D eigenvalue weighted by atomic mass is 10.0. The Morgan fingerprint density at radius 1 is 1.53 bits per heavy atom. The molecule has 1 fully saturated rings. The minimum atomic E-state index is 0.0374. The zero-order valence-corrected chi connectivity index (χ0v) is 13.5. The van der Waals surface area contributed by atoms with Crippen molar-refractivity contribution in [1.29, 1.82) is 0 Å². The topological polar surface area (TPSA) is 29.1 Å². The first-order valence-electron chi connectivity index (χ1n) is 5.79. The molecule has 0 aromatic heterocycles. The molecular weight excluding hydrogens is 393 g/mol. The predicted octanol–water partition coefficient (Wildman–Crippen LogP) is 3.97. The van der Waals surface area contributed by atoms with Gasteiger partial charge in [0.2, 0.25) is 0 Å². The summed E-state index contributed by atoms with van der Waals surface area (Å²) in [5, 5.41) is 3.06. The maximum atomic E-state index is 12.1. The molecule has 0 atom stereocenters. The lowest BCUT2D eigenvalue weighted by Crippen LogP contribution is -2.30. The summed E-state index contributed by atoms with van der Waals surface area (Å²) >= 11 is 5.59. The first-order valence-corrected chi connectivity index (χ1v) is 7.67. The van der Waals surface area contributed by atoms with Crippen LogP contribution in [0.4, 0.5) is 0 Å². The van der Waals surface area contributed by atoms with E-state index >= 15 is 0 Å². The van der Waals surface area contributed by atoms with Gasteiger partial charge in [0.05, 0.1) is 5.56 Å². The van der Waals surface area contributed by atoms with Crippen LogP contribution in [0.1, 0.15) is 36.5 Å². The third kappa shape index (κ3) is 3.22. The number of carbonyl (C=O) groups is 1. The summed E-state index contributed by atoms with van der Waals surface area (Å²) in [5.41, 5.74) is 1.15. The minimum Gasteiger partial charge on any atom is -0.351 e. The summed E-state index contributed by atoms with van der Waals surface area (Å²) in [7, 11) is 0. The van der Waals surface area contributed by atoms with Crippen LogP contribution in [0.15, 0.2) is 22.7 Å². The van der Waals surface area contributed by atoms with Gasteiger partial charge < -0.3 is 5.32 Å². The van der Waals surface area contributed by atoms with Crippen molar-refractivity contribution in [3.05, 3.63) is 31.8 Å². The number of hydrogen-bond acceptors (Lipinski definition) is 1. The smallest absolute Gasteiger partial charge is 0.252 e. The van der Waals surface area contributed by atoms with E-state index in [1.807, 2.05) is 18.2 Å². The second-order valence-electron chi connectivity index (χ2n) is 4.66. The maximum Gasteiger partial charge on any atom is 0.252 e. The van der Waals surface area contributed by atoms with Crippen LogP contribution >= 0.6 is 38.5 Å². The third-order valence-corrected chi connectivity index (χ3v) is 4.94. The highest BCUT2D eigenvalue weighted by Gasteiger charge is 2.40. The van der Waals surface area contributed by atoms with Gasteiger partial charge in [-0.25, -0.2) is 0 Å². The van der Waals surface area contributed by atoms with E-state index in [0.717, 1.165) is 26.6 Å². The van der Waals surface area contributed by atoms with Crippen LogP contribution in [0.5, 0.6) is 0 Å². The van der Waals surface area contributed by atoms with Gasteiger partial charge in [0, 0.05) is 14.6 Å². The molecule has 1 N–H and O–H groups in total. The van der Waals surface area contributed by atoms with Crippen molar-refractivity contribution < 1.29 is 4.79 Å². The Labute approximate surface area is 124 Å². The van der Waals surface area contributed by atoms with E-state index in [4.69, 9.17) is 0 Å². The molecule has 1 saturated carbocycles. The Hall–Kier alpha value is -0.100. The Kier molecular flexibility index (Phi) is 4.13. The van der Waals surface area contributed by atoms with Gasteiger partial charge in [0.1, 0.15) is 0 Å². The number of carbonyl (C=O) groups excluding carboxylic acids is 1. The number of nitrogens with one attached hydrogen (secondary N) is 1. The van der Waals surface area contributed by atoms with E-state index in [-0.39, 0.29) is 5.91 Å². The highest BCUT2D eigenvalue weighted by Crippen LogP contribution is 2.47. The molecule has 17 heavy (non-hydrogen) atoms. The van der Waals surface area contributed by atoms with Crippen molar-refractivity contribution >= 4 is 44.4 Å². The van der Waals surface area contributed by atoms with E-state index in [1.54, 1.807) is 0 Å². The largest absolute Gasteiger partial charge is 0.351 e. The van der Waals surface area contributed by atoms with Crippen molar-refractivity contribution in [2.45, 2.75) is 26.2 Å². The fourth-order valence-corrected chi connectivity index (χ4v) is 2.81. The van der Waals surface area contributed by atoms with Crippen LogP contribution in [0.3, 0.4) is 0 Å². The number of amides is 1. The van der Waals surface area contributed by atoms with Crippen LogP contribution in [0.25, 0.3) is 0 Å². The summed E-state index contributed by atoms with van der Waals surface area (Å²) in [6, 6.07) is 5.78. The van der Waals surface area contributed by atoms with E-state index in [2.05, 4.69) is 50.8 Å². The van der Waals surface area contributed by atoms with E-state index in [1.165, 1.54) is 12.8 Å². The molecule has 0 unspecified atom stereocenters. The standard InChI is InChI=1S/C13H15BrINO/c1-2-13(5-6-13)8-16-12(17)10-7-9(14)3-4-11(10)15/h3-4,7H,2,5-6,8H2,1H3,(H,16,17). The van der Waals surface area contributed by atoms with Gasteiger partial charge >= 0.3 is 0 Å². The van der Waals surface area contributed by atoms with Crippen molar-refractivity contribution in [3.8, 4) is 0 Å². The predicted molar refractivity (Wildman–Crippen MR) is 81.2 cm³/mol. The van der Waals surface area contributed by atoms with E-state index in [9.17, 15) is 4.79 Å². The Bertz CT molecular complexity index is 443. The molecule has 1 aromatic carbocycles. The first kappa shape index (κ1) is 13.3. The van der Waals surface area contributed by atoms with Crippen LogP contribution in [-0.2, 0) is 0 Å². The van der Waals surface area contributed by atoms with Gasteiger partial charge in [-0.2, -0.15) is 0 Å². The van der Waals surface area contributed by atoms with E-state index in [0.29, 0.717) is 5.41 Å². The summed E-state index contributed by atoms with van der Waals surface area (Å²) in [4.78, 5) is 12.1. The minimum absolute atomic E-state index is 0.0374. The highest BCUT2D eigenvalue weighted by molar-refractivity contribution is 14.1. The third-order valence-electron chi connectivity index (χ3n) is 3.50. The SMILES string of the molecule is CCC1(CNC(=O)c2cc(Br)ccc2I)CC1. The molecule has 1 amide bonds. The number of rotatable bonds is 4. The van der Waals surface area contributed by atoms with Crippen LogP contribution in [0, 0.1) is 8.99 Å². The quantitative estimate of drug-likeness (QED) is 0.751. The molecule has 1 aromatic rings. The van der Waals surface area contributed by atoms with Gasteiger partial charge in [-0.15, -0.1) is 0 Å². The number of hydrogen-bond donors (Lipinski definition) is 1. The lowest BCUT2D eigenvalue weighted by molar-refractivity contribution is 0.0943. The van der Waals surface area contributed by atoms with Crippen molar-refractivity contribution in [1.82, 2.24) is 5.32 Å². The van der Waals surface area contributed by atoms with Gasteiger partial charge in [-0.05, 0) is 65.5 Å². The molecule has 0 aliphatic heterocycles. The molecule has 0 radical (unpaired) electrons. The summed E-state index contributed by atoms with van der Waals surface area (Å²) in [6.45, 7) is 3.01. The van der Waals surface area contributed by atoms with Crippen molar-refractivity contribution in [2.75, 3.05) is 6.54 Å². The number of halogens is 2.